The minimum Gasteiger partial charge on any atom is -0.499 e. The van der Waals surface area contributed by atoms with Crippen LogP contribution in [-0.2, 0) is 15.5 Å². The molecule has 11 heavy (non-hydrogen) atoms. The van der Waals surface area contributed by atoms with Crippen LogP contribution in [0.25, 0.3) is 0 Å². The summed E-state index contributed by atoms with van der Waals surface area (Å²) in [7, 11) is 0. The molecule has 0 aromatic heterocycles. The molecule has 1 N–H and O–H groups in total. The Morgan fingerprint density at radius 2 is 2.45 bits per heavy atom. The Morgan fingerprint density at radius 3 is 3.18 bits per heavy atom. The molecule has 1 unspecified atom stereocenters. The highest BCUT2D eigenvalue weighted by Crippen LogP contribution is 1.97. The summed E-state index contributed by atoms with van der Waals surface area (Å²) in [6.45, 7) is 0.474. The summed E-state index contributed by atoms with van der Waals surface area (Å²) in [6, 6.07) is 0. The van der Waals surface area contributed by atoms with Crippen LogP contribution in [0.4, 0.5) is 4.79 Å². The van der Waals surface area contributed by atoms with Crippen LogP contribution in [0.3, 0.4) is 0 Å². The molecule has 0 aromatic rings. The van der Waals surface area contributed by atoms with Gasteiger partial charge in [0, 0.05) is 0 Å². The van der Waals surface area contributed by atoms with Gasteiger partial charge in [0.25, 0.3) is 0 Å². The number of nitrogens with one attached hydrogen (secondary N) is 1. The molecule has 0 spiro atoms. The van der Waals surface area contributed by atoms with Crippen LogP contribution in [-0.4, -0.2) is 11.8 Å². The Labute approximate surface area is 67.2 Å². The molecule has 1 aliphatic heterocycles. The summed E-state index contributed by atoms with van der Waals surface area (Å²) >= 11 is -1.31. The van der Waals surface area contributed by atoms with Gasteiger partial charge in [0.15, 0.2) is 6.26 Å². The predicted molar refractivity (Wildman–Crippen MR) is 40.1 cm³/mol. The molecule has 5 heteroatoms. The van der Waals surface area contributed by atoms with Crippen molar-refractivity contribution in [2.24, 2.45) is 0 Å². The van der Waals surface area contributed by atoms with Gasteiger partial charge < -0.3 is 9.90 Å². The van der Waals surface area contributed by atoms with Gasteiger partial charge in [-0.3, -0.25) is 4.18 Å². The molecule has 0 aromatic carbocycles. The number of carbonyl (C=O) groups is 1. The van der Waals surface area contributed by atoms with E-state index in [0.717, 1.165) is 0 Å². The normalized spacial score (nSPS) is 23.5. The van der Waals surface area contributed by atoms with E-state index in [1.165, 1.54) is 6.26 Å². The van der Waals surface area contributed by atoms with Gasteiger partial charge >= 0.3 is 16.7 Å². The van der Waals surface area contributed by atoms with E-state index < -0.39 is 16.7 Å². The molecular weight excluding hydrogens is 166 g/mol. The summed E-state index contributed by atoms with van der Waals surface area (Å²) in [5, 5.41) is 9.04. The second kappa shape index (κ2) is 4.05. The molecule has 1 aliphatic rings. The van der Waals surface area contributed by atoms with Crippen LogP contribution < -0.4 is 9.83 Å². The zero-order chi connectivity index (χ0) is 8.10. The molecular formula is C6H7NO3S. The second-order valence-electron chi connectivity index (χ2n) is 1.72. The molecule has 4 nitrogen and oxygen atoms in total. The fourth-order valence-corrected chi connectivity index (χ4v) is 1.22. The molecule has 1 atom stereocenters. The van der Waals surface area contributed by atoms with Gasteiger partial charge in [-0.2, -0.15) is 0 Å². The minimum atomic E-state index is -1.31. The summed E-state index contributed by atoms with van der Waals surface area (Å²) in [5.41, 5.74) is 0. The highest BCUT2D eigenvalue weighted by atomic mass is 32.2. The Morgan fingerprint density at radius 1 is 1.64 bits per heavy atom. The third-order valence-corrected chi connectivity index (χ3v) is 2.00. The highest BCUT2D eigenvalue weighted by molar-refractivity contribution is 8.04. The maximum Gasteiger partial charge on any atom is 0.346 e. The van der Waals surface area contributed by atoms with E-state index in [2.05, 4.69) is 4.72 Å². The van der Waals surface area contributed by atoms with Gasteiger partial charge in [0.05, 0.1) is 6.54 Å². The van der Waals surface area contributed by atoms with Crippen molar-refractivity contribution in [1.29, 1.82) is 0 Å². The van der Waals surface area contributed by atoms with Crippen LogP contribution in [0, 0.1) is 0 Å². The van der Waals surface area contributed by atoms with Crippen molar-refractivity contribution in [2.75, 3.05) is 6.54 Å². The maximum atomic E-state index is 10.3. The Kier molecular flexibility index (Phi) is 3.00. The number of carboxylic acid groups (broad SMARTS) is 1. The quantitative estimate of drug-likeness (QED) is 0.500. The van der Waals surface area contributed by atoms with E-state index in [9.17, 15) is 9.90 Å². The molecule has 60 valence electrons. The molecule has 0 saturated carbocycles. The smallest absolute Gasteiger partial charge is 0.346 e. The number of rotatable bonds is 0. The first-order valence-electron chi connectivity index (χ1n) is 2.98. The topological polar surface area (TPSA) is 61.4 Å². The predicted octanol–water partition coefficient (Wildman–Crippen LogP) is -0.532. The van der Waals surface area contributed by atoms with Crippen molar-refractivity contribution in [1.82, 2.24) is 4.72 Å². The number of hydrogen-bond acceptors (Lipinski definition) is 4. The van der Waals surface area contributed by atoms with Crippen LogP contribution in [0.1, 0.15) is 0 Å². The fraction of sp³-hybridized carbons (Fsp3) is 0.167. The average Bonchev–Trinajstić information content (AvgIpc) is 1.84. The summed E-state index contributed by atoms with van der Waals surface area (Å²) in [5.74, 6) is 0. The monoisotopic (exact) mass is 173 g/mol. The molecule has 0 bridgehead atoms. The molecule has 0 saturated heterocycles. The highest BCUT2D eigenvalue weighted by Gasteiger charge is 2.23. The standard InChI is InChI=1S/C6H7NO3S/c8-6(9)11-7-4-2-1-3-5-10-11/h1-3,5,7H,4H2. The van der Waals surface area contributed by atoms with Crippen molar-refractivity contribution < 1.29 is 14.1 Å². The third-order valence-electron chi connectivity index (χ3n) is 0.961. The lowest BCUT2D eigenvalue weighted by molar-refractivity contribution is -0.233. The van der Waals surface area contributed by atoms with Gasteiger partial charge in [-0.15, -0.1) is 0 Å². The SMILES string of the molecule is O=C([O-])[S+]1NCC=CC=CO1. The lowest BCUT2D eigenvalue weighted by Gasteiger charge is -2.03. The first-order chi connectivity index (χ1) is 5.30. The second-order valence-corrected chi connectivity index (χ2v) is 3.07. The van der Waals surface area contributed by atoms with Crippen molar-refractivity contribution in [3.8, 4) is 0 Å². The molecule has 0 amide bonds. The molecule has 1 rings (SSSR count). The van der Waals surface area contributed by atoms with Crippen molar-refractivity contribution in [3.63, 3.8) is 0 Å². The number of carbonyl (C=O) groups excluding carboxylic acids is 1. The van der Waals surface area contributed by atoms with Gasteiger partial charge in [-0.05, 0) is 6.08 Å². The first kappa shape index (κ1) is 8.16. The van der Waals surface area contributed by atoms with Crippen molar-refractivity contribution in [2.45, 2.75) is 0 Å². The molecule has 0 radical (unpaired) electrons. The van der Waals surface area contributed by atoms with E-state index in [0.29, 0.717) is 6.54 Å². The van der Waals surface area contributed by atoms with E-state index in [4.69, 9.17) is 4.18 Å². The maximum absolute atomic E-state index is 10.3. The Bertz CT molecular complexity index is 202. The Hall–Kier alpha value is -0.940. The van der Waals surface area contributed by atoms with Crippen LogP contribution in [0.5, 0.6) is 0 Å². The number of allylic oxidation sites excluding steroid dienone is 2. The summed E-state index contributed by atoms with van der Waals surface area (Å²) in [4.78, 5) is 10.3. The average molecular weight is 173 g/mol. The largest absolute Gasteiger partial charge is 0.499 e. The number of hydrogen-bond donors (Lipinski definition) is 1. The summed E-state index contributed by atoms with van der Waals surface area (Å²) < 4.78 is 7.39. The Balaban J connectivity index is 2.51. The lowest BCUT2D eigenvalue weighted by atomic mass is 10.5. The van der Waals surface area contributed by atoms with Crippen LogP contribution >= 0.6 is 0 Å². The van der Waals surface area contributed by atoms with E-state index in [1.807, 2.05) is 0 Å². The van der Waals surface area contributed by atoms with Gasteiger partial charge in [-0.25, -0.2) is 0 Å². The molecule has 0 aliphatic carbocycles. The van der Waals surface area contributed by atoms with E-state index >= 15 is 0 Å². The van der Waals surface area contributed by atoms with Gasteiger partial charge in [0.1, 0.15) is 0 Å². The first-order valence-corrected chi connectivity index (χ1v) is 4.13. The minimum absolute atomic E-state index is 0.474. The van der Waals surface area contributed by atoms with Crippen LogP contribution in [0.2, 0.25) is 0 Å². The zero-order valence-corrected chi connectivity index (χ0v) is 6.47. The van der Waals surface area contributed by atoms with Gasteiger partial charge in [0.2, 0.25) is 0 Å². The van der Waals surface area contributed by atoms with Gasteiger partial charge in [-0.1, -0.05) is 16.9 Å². The van der Waals surface area contributed by atoms with E-state index in [-0.39, 0.29) is 0 Å². The zero-order valence-electron chi connectivity index (χ0n) is 5.65. The molecule has 0 fully saturated rings. The fourth-order valence-electron chi connectivity index (χ4n) is 0.536. The molecule has 1 heterocycles. The lowest BCUT2D eigenvalue weighted by Crippen LogP contribution is -2.40. The third kappa shape index (κ3) is 2.65. The van der Waals surface area contributed by atoms with Crippen molar-refractivity contribution >= 4 is 16.7 Å². The van der Waals surface area contributed by atoms with Crippen LogP contribution in [0.15, 0.2) is 24.5 Å². The van der Waals surface area contributed by atoms with Crippen molar-refractivity contribution in [3.05, 3.63) is 24.5 Å². The van der Waals surface area contributed by atoms with E-state index in [1.54, 1.807) is 18.2 Å². The summed E-state index contributed by atoms with van der Waals surface area (Å²) in [6.07, 6.45) is 6.51.